The van der Waals surface area contributed by atoms with E-state index >= 15 is 0 Å². The van der Waals surface area contributed by atoms with E-state index < -0.39 is 0 Å². The van der Waals surface area contributed by atoms with Crippen molar-refractivity contribution in [3.8, 4) is 5.75 Å². The fourth-order valence-corrected chi connectivity index (χ4v) is 3.22. The van der Waals surface area contributed by atoms with Gasteiger partial charge in [-0.15, -0.1) is 0 Å². The van der Waals surface area contributed by atoms with E-state index in [9.17, 15) is 0 Å². The number of guanidine groups is 1. The summed E-state index contributed by atoms with van der Waals surface area (Å²) >= 11 is 0. The summed E-state index contributed by atoms with van der Waals surface area (Å²) in [4.78, 5) is 7.30. The lowest BCUT2D eigenvalue weighted by atomic mass is 10.0. The van der Waals surface area contributed by atoms with Crippen molar-refractivity contribution >= 4 is 5.96 Å². The highest BCUT2D eigenvalue weighted by atomic mass is 16.5. The largest absolute Gasteiger partial charge is 0.497 e. The Bertz CT molecular complexity index is 515. The molecule has 0 bridgehead atoms. The third kappa shape index (κ3) is 6.94. The molecule has 5 heteroatoms. The summed E-state index contributed by atoms with van der Waals surface area (Å²) in [7, 11) is 1.69. The summed E-state index contributed by atoms with van der Waals surface area (Å²) in [6.07, 6.45) is 5.24. The summed E-state index contributed by atoms with van der Waals surface area (Å²) in [6, 6.07) is 8.81. The number of benzene rings is 1. The minimum absolute atomic E-state index is 0.669. The number of rotatable bonds is 8. The molecule has 1 fully saturated rings. The number of piperidine rings is 1. The van der Waals surface area contributed by atoms with Gasteiger partial charge in [-0.2, -0.15) is 0 Å². The van der Waals surface area contributed by atoms with Crippen molar-refractivity contribution in [2.75, 3.05) is 33.3 Å². The van der Waals surface area contributed by atoms with E-state index in [4.69, 9.17) is 4.74 Å². The van der Waals surface area contributed by atoms with Crippen LogP contribution in [-0.2, 0) is 6.54 Å². The third-order valence-corrected chi connectivity index (χ3v) is 4.78. The Labute approximate surface area is 152 Å². The van der Waals surface area contributed by atoms with Crippen LogP contribution < -0.4 is 15.4 Å². The molecule has 2 N–H and O–H groups in total. The molecule has 1 heterocycles. The molecular weight excluding hydrogens is 312 g/mol. The fourth-order valence-electron chi connectivity index (χ4n) is 3.22. The predicted octanol–water partition coefficient (Wildman–Crippen LogP) is 3.01. The Morgan fingerprint density at radius 2 is 2.04 bits per heavy atom. The molecular formula is C20H34N4O. The van der Waals surface area contributed by atoms with Crippen LogP contribution in [0.4, 0.5) is 0 Å². The SMILES string of the molecule is CCNC(=NCc1ccc(OC)cc1)NCCCN1CCCCC1C. The van der Waals surface area contributed by atoms with Gasteiger partial charge in [-0.25, -0.2) is 4.99 Å². The number of aliphatic imine (C=N–C) groups is 1. The van der Waals surface area contributed by atoms with Crippen molar-refractivity contribution in [3.05, 3.63) is 29.8 Å². The highest BCUT2D eigenvalue weighted by Crippen LogP contribution is 2.16. The van der Waals surface area contributed by atoms with E-state index in [-0.39, 0.29) is 0 Å². The van der Waals surface area contributed by atoms with Crippen molar-refractivity contribution in [2.24, 2.45) is 4.99 Å². The maximum atomic E-state index is 5.19. The molecule has 1 atom stereocenters. The summed E-state index contributed by atoms with van der Waals surface area (Å²) < 4.78 is 5.19. The van der Waals surface area contributed by atoms with Gasteiger partial charge in [-0.3, -0.25) is 0 Å². The zero-order valence-electron chi connectivity index (χ0n) is 16.1. The number of methoxy groups -OCH3 is 1. The van der Waals surface area contributed by atoms with Crippen LogP contribution in [0.15, 0.2) is 29.3 Å². The van der Waals surface area contributed by atoms with Gasteiger partial charge >= 0.3 is 0 Å². The van der Waals surface area contributed by atoms with Crippen LogP contribution in [-0.4, -0.2) is 50.2 Å². The highest BCUT2D eigenvalue weighted by Gasteiger charge is 2.17. The molecule has 2 rings (SSSR count). The van der Waals surface area contributed by atoms with Gasteiger partial charge < -0.3 is 20.3 Å². The van der Waals surface area contributed by atoms with E-state index in [0.717, 1.165) is 37.3 Å². The maximum absolute atomic E-state index is 5.19. The first-order valence-corrected chi connectivity index (χ1v) is 9.62. The van der Waals surface area contributed by atoms with Crippen LogP contribution in [0.5, 0.6) is 5.75 Å². The van der Waals surface area contributed by atoms with Crippen LogP contribution >= 0.6 is 0 Å². The average Bonchev–Trinajstić information content (AvgIpc) is 2.65. The number of hydrogen-bond donors (Lipinski definition) is 2. The summed E-state index contributed by atoms with van der Waals surface area (Å²) in [5.41, 5.74) is 1.18. The zero-order chi connectivity index (χ0) is 17.9. The maximum Gasteiger partial charge on any atom is 0.191 e. The van der Waals surface area contributed by atoms with E-state index in [2.05, 4.69) is 46.5 Å². The third-order valence-electron chi connectivity index (χ3n) is 4.78. The summed E-state index contributed by atoms with van der Waals surface area (Å²) in [6.45, 7) is 9.38. The van der Waals surface area contributed by atoms with Crippen molar-refractivity contribution in [1.82, 2.24) is 15.5 Å². The number of hydrogen-bond acceptors (Lipinski definition) is 3. The molecule has 1 aliphatic heterocycles. The molecule has 0 radical (unpaired) electrons. The van der Waals surface area contributed by atoms with Crippen LogP contribution in [0.3, 0.4) is 0 Å². The molecule has 25 heavy (non-hydrogen) atoms. The van der Waals surface area contributed by atoms with Crippen molar-refractivity contribution < 1.29 is 4.74 Å². The molecule has 0 aromatic heterocycles. The molecule has 5 nitrogen and oxygen atoms in total. The van der Waals surface area contributed by atoms with Gasteiger partial charge in [0.2, 0.25) is 0 Å². The number of likely N-dealkylation sites (tertiary alicyclic amines) is 1. The van der Waals surface area contributed by atoms with E-state index in [1.54, 1.807) is 7.11 Å². The predicted molar refractivity (Wildman–Crippen MR) is 105 cm³/mol. The minimum Gasteiger partial charge on any atom is -0.497 e. The number of ether oxygens (including phenoxy) is 1. The van der Waals surface area contributed by atoms with E-state index in [0.29, 0.717) is 6.54 Å². The molecule has 1 aromatic rings. The van der Waals surface area contributed by atoms with Crippen molar-refractivity contribution in [2.45, 2.75) is 52.1 Å². The van der Waals surface area contributed by atoms with E-state index in [1.165, 1.54) is 37.9 Å². The van der Waals surface area contributed by atoms with Gasteiger partial charge in [-0.05, 0) is 57.4 Å². The Hall–Kier alpha value is -1.75. The Morgan fingerprint density at radius 3 is 2.72 bits per heavy atom. The topological polar surface area (TPSA) is 48.9 Å². The van der Waals surface area contributed by atoms with E-state index in [1.807, 2.05) is 12.1 Å². The summed E-state index contributed by atoms with van der Waals surface area (Å²) in [5.74, 6) is 1.77. The summed E-state index contributed by atoms with van der Waals surface area (Å²) in [5, 5.41) is 6.78. The molecule has 0 aliphatic carbocycles. The molecule has 0 amide bonds. The molecule has 1 unspecified atom stereocenters. The first kappa shape index (κ1) is 19.6. The second-order valence-electron chi connectivity index (χ2n) is 6.70. The molecule has 140 valence electrons. The quantitative estimate of drug-likeness (QED) is 0.432. The highest BCUT2D eigenvalue weighted by molar-refractivity contribution is 5.79. The Kier molecular flexibility index (Phi) is 8.60. The smallest absolute Gasteiger partial charge is 0.191 e. The first-order chi connectivity index (χ1) is 12.2. The fraction of sp³-hybridized carbons (Fsp3) is 0.650. The van der Waals surface area contributed by atoms with Crippen LogP contribution in [0, 0.1) is 0 Å². The number of nitrogens with zero attached hydrogens (tertiary/aromatic N) is 2. The minimum atomic E-state index is 0.669. The van der Waals surface area contributed by atoms with Crippen LogP contribution in [0.25, 0.3) is 0 Å². The van der Waals surface area contributed by atoms with Crippen molar-refractivity contribution in [1.29, 1.82) is 0 Å². The molecule has 1 aromatic carbocycles. The van der Waals surface area contributed by atoms with Crippen LogP contribution in [0.2, 0.25) is 0 Å². The van der Waals surface area contributed by atoms with Gasteiger partial charge in [0.15, 0.2) is 5.96 Å². The normalized spacial score (nSPS) is 18.8. The standard InChI is InChI=1S/C20H34N4O/c1-4-21-20(23-16-18-9-11-19(25-3)12-10-18)22-13-7-15-24-14-6-5-8-17(24)2/h9-12,17H,4-8,13-16H2,1-3H3,(H2,21,22,23). The van der Waals surface area contributed by atoms with Crippen LogP contribution in [0.1, 0.15) is 45.1 Å². The zero-order valence-corrected chi connectivity index (χ0v) is 16.1. The molecule has 1 aliphatic rings. The Morgan fingerprint density at radius 1 is 1.24 bits per heavy atom. The lowest BCUT2D eigenvalue weighted by Crippen LogP contribution is -2.41. The van der Waals surface area contributed by atoms with Gasteiger partial charge in [0, 0.05) is 25.7 Å². The average molecular weight is 347 g/mol. The van der Waals surface area contributed by atoms with Gasteiger partial charge in [-0.1, -0.05) is 18.6 Å². The Balaban J connectivity index is 1.74. The second-order valence-corrected chi connectivity index (χ2v) is 6.70. The van der Waals surface area contributed by atoms with Gasteiger partial charge in [0.25, 0.3) is 0 Å². The molecule has 0 saturated carbocycles. The van der Waals surface area contributed by atoms with Gasteiger partial charge in [0.1, 0.15) is 5.75 Å². The van der Waals surface area contributed by atoms with Crippen molar-refractivity contribution in [3.63, 3.8) is 0 Å². The lowest BCUT2D eigenvalue weighted by molar-refractivity contribution is 0.159. The first-order valence-electron chi connectivity index (χ1n) is 9.62. The monoisotopic (exact) mass is 346 g/mol. The van der Waals surface area contributed by atoms with Gasteiger partial charge in [0.05, 0.1) is 13.7 Å². The lowest BCUT2D eigenvalue weighted by Gasteiger charge is -2.33. The number of nitrogens with one attached hydrogen (secondary N) is 2. The molecule has 0 spiro atoms. The molecule has 1 saturated heterocycles. The second kappa shape index (κ2) is 11.0.